The number of halogens is 1. The molecular weight excluding hydrogens is 681 g/mol. The van der Waals surface area contributed by atoms with Crippen molar-refractivity contribution in [2.24, 2.45) is 0 Å². The number of anilines is 2. The van der Waals surface area contributed by atoms with Crippen LogP contribution in [0.15, 0.2) is 23.8 Å². The molecule has 0 radical (unpaired) electrons. The number of aromatic amines is 1. The third-order valence-electron chi connectivity index (χ3n) is 8.00. The predicted molar refractivity (Wildman–Crippen MR) is 152 cm³/mol. The Morgan fingerprint density at radius 1 is 1.02 bits per heavy atom. The zero-order valence-corrected chi connectivity index (χ0v) is 25.5. The van der Waals surface area contributed by atoms with E-state index in [9.17, 15) is 19.1 Å². The molecule has 0 saturated carbocycles. The molecule has 2 unspecified atom stereocenters. The predicted octanol–water partition coefficient (Wildman–Crippen LogP) is -0.840. The number of H-pyrrole nitrogens is 1. The number of aromatic nitrogens is 8. The normalized spacial score (nSPS) is 39.7. The molecule has 4 aliphatic heterocycles. The molecule has 8 rings (SSSR count). The molecule has 10 atom stereocenters. The molecule has 246 valence electrons. The van der Waals surface area contributed by atoms with Crippen molar-refractivity contribution in [2.75, 3.05) is 31.3 Å². The molecule has 0 amide bonds. The first kappa shape index (κ1) is 30.3. The fourth-order valence-electron chi connectivity index (χ4n) is 5.94. The number of phosphoric acid groups is 1. The molecule has 0 aliphatic carbocycles. The smallest absolute Gasteiger partial charge is 0.382 e. The van der Waals surface area contributed by atoms with Crippen LogP contribution in [-0.4, -0.2) is 105 Å². The van der Waals surface area contributed by atoms with E-state index in [0.717, 1.165) is 10.9 Å². The van der Waals surface area contributed by atoms with Gasteiger partial charge in [0, 0.05) is 0 Å². The number of nitrogen functional groups attached to an aromatic ring is 2. The number of imidazole rings is 2. The standard InChI is InChI=1S/C21H23FN10O11P2S/c22-8-7-1-38-44(34,35)43-13-12-19(31-5-27-9-14(23)25-4-26-15(9)31)41-21(13,2-37-12)3-39-45(36,46)42-11(8)18(40-7)32-6-28-10-16(32)29-20(24)30-17(10)33/h4-8,11-13,18-19H,1-3H2,(H,34,35)(H,36,46)(H2,23,25,26)(H3,24,29,30,33)/t7-,8+,11-,12-,13+,18-,19-,21+,45?/m1/s1. The molecule has 4 bridgehead atoms. The third kappa shape index (κ3) is 4.78. The average Bonchev–Trinajstić information content (AvgIpc) is 3.80. The van der Waals surface area contributed by atoms with Gasteiger partial charge in [0.15, 0.2) is 41.3 Å². The minimum Gasteiger partial charge on any atom is -0.382 e. The first-order chi connectivity index (χ1) is 21.8. The van der Waals surface area contributed by atoms with Crippen LogP contribution in [0, 0.1) is 0 Å². The summed E-state index contributed by atoms with van der Waals surface area (Å²) in [6.07, 6.45) is -6.55. The second-order valence-electron chi connectivity index (χ2n) is 10.8. The van der Waals surface area contributed by atoms with Gasteiger partial charge in [-0.05, 0) is 11.8 Å². The summed E-state index contributed by atoms with van der Waals surface area (Å²) in [4.78, 5) is 57.0. The van der Waals surface area contributed by atoms with E-state index in [2.05, 4.69) is 29.9 Å². The highest BCUT2D eigenvalue weighted by Gasteiger charge is 2.66. The van der Waals surface area contributed by atoms with Crippen molar-refractivity contribution in [1.82, 2.24) is 39.0 Å². The molecule has 25 heteroatoms. The Balaban J connectivity index is 1.14. The van der Waals surface area contributed by atoms with Gasteiger partial charge in [0.1, 0.15) is 41.9 Å². The monoisotopic (exact) mass is 704 g/mol. The third-order valence-corrected chi connectivity index (χ3v) is 10.5. The van der Waals surface area contributed by atoms with Crippen molar-refractivity contribution in [3.63, 3.8) is 0 Å². The Kier molecular flexibility index (Phi) is 6.90. The molecule has 21 nitrogen and oxygen atoms in total. The minimum absolute atomic E-state index is 0.0987. The Labute approximate surface area is 259 Å². The zero-order chi connectivity index (χ0) is 32.2. The highest BCUT2D eigenvalue weighted by Crippen LogP contribution is 2.58. The van der Waals surface area contributed by atoms with Crippen molar-refractivity contribution in [3.8, 4) is 0 Å². The largest absolute Gasteiger partial charge is 0.472 e. The van der Waals surface area contributed by atoms with Crippen molar-refractivity contribution in [1.29, 1.82) is 0 Å². The number of nitrogens with zero attached hydrogens (tertiary/aromatic N) is 7. The van der Waals surface area contributed by atoms with E-state index in [1.54, 1.807) is 0 Å². The number of ether oxygens (including phenoxy) is 3. The van der Waals surface area contributed by atoms with Gasteiger partial charge in [-0.2, -0.15) is 4.98 Å². The van der Waals surface area contributed by atoms with Gasteiger partial charge < -0.3 is 40.0 Å². The maximum absolute atomic E-state index is 15.9. The van der Waals surface area contributed by atoms with E-state index in [-0.39, 0.29) is 40.7 Å². The quantitative estimate of drug-likeness (QED) is 0.159. The molecule has 0 aromatic carbocycles. The number of fused-ring (bicyclic) bond motifs is 4. The number of rotatable bonds is 2. The summed E-state index contributed by atoms with van der Waals surface area (Å²) in [5.41, 5.74) is 9.58. The lowest BCUT2D eigenvalue weighted by Crippen LogP contribution is -2.45. The summed E-state index contributed by atoms with van der Waals surface area (Å²) in [7, 11) is -4.99. The highest BCUT2D eigenvalue weighted by atomic mass is 32.5. The molecule has 7 N–H and O–H groups in total. The SMILES string of the molecule is Nc1nc2c(ncn2[C@@H]2O[C@@H]3COP(=O)(O)O[C@H]4[C@H]5OC[C@@]4(COP(O)(=S)O[C@@H]2[C@H]3F)O[C@H]5n2cnc3c(N)ncnc32)c(=O)[nH]1. The summed E-state index contributed by atoms with van der Waals surface area (Å²) >= 11 is 5.26. The maximum atomic E-state index is 15.9. The van der Waals surface area contributed by atoms with Gasteiger partial charge in [0.2, 0.25) is 5.95 Å². The lowest BCUT2D eigenvalue weighted by molar-refractivity contribution is -0.183. The number of nitrogens with one attached hydrogen (secondary N) is 1. The van der Waals surface area contributed by atoms with Crippen LogP contribution in [0.4, 0.5) is 16.2 Å². The lowest BCUT2D eigenvalue weighted by atomic mass is 10.0. The molecule has 4 fully saturated rings. The second kappa shape index (κ2) is 10.5. The van der Waals surface area contributed by atoms with E-state index in [1.165, 1.54) is 17.2 Å². The number of nitrogens with two attached hydrogens (primary N) is 2. The van der Waals surface area contributed by atoms with Gasteiger partial charge in [-0.3, -0.25) is 32.5 Å². The summed E-state index contributed by atoms with van der Waals surface area (Å²) < 4.78 is 71.9. The van der Waals surface area contributed by atoms with Crippen LogP contribution in [-0.2, 0) is 48.7 Å². The van der Waals surface area contributed by atoms with Gasteiger partial charge in [0.25, 0.3) is 5.56 Å². The van der Waals surface area contributed by atoms with Gasteiger partial charge >= 0.3 is 14.5 Å². The minimum atomic E-state index is -4.99. The van der Waals surface area contributed by atoms with Crippen LogP contribution in [0.2, 0.25) is 0 Å². The number of hydrogen-bond donors (Lipinski definition) is 5. The number of alkyl halides is 1. The van der Waals surface area contributed by atoms with Gasteiger partial charge in [0.05, 0.1) is 32.5 Å². The zero-order valence-electron chi connectivity index (χ0n) is 22.9. The molecule has 4 aliphatic rings. The van der Waals surface area contributed by atoms with E-state index in [1.807, 2.05) is 0 Å². The molecule has 4 aromatic heterocycles. The summed E-state index contributed by atoms with van der Waals surface area (Å²) in [6.45, 7) is -6.00. The highest BCUT2D eigenvalue weighted by molar-refractivity contribution is 8.07. The Morgan fingerprint density at radius 2 is 1.78 bits per heavy atom. The molecule has 8 heterocycles. The van der Waals surface area contributed by atoms with Gasteiger partial charge in [-0.15, -0.1) is 0 Å². The molecule has 4 aromatic rings. The van der Waals surface area contributed by atoms with Gasteiger partial charge in [-0.1, -0.05) is 0 Å². The van der Waals surface area contributed by atoms with Crippen LogP contribution < -0.4 is 17.0 Å². The maximum Gasteiger partial charge on any atom is 0.472 e. The Bertz CT molecular complexity index is 2030. The lowest BCUT2D eigenvalue weighted by Gasteiger charge is -2.33. The van der Waals surface area contributed by atoms with E-state index in [4.69, 9.17) is 55.6 Å². The Hall–Kier alpha value is -3.05. The molecule has 4 saturated heterocycles. The van der Waals surface area contributed by atoms with Crippen molar-refractivity contribution in [3.05, 3.63) is 29.3 Å². The van der Waals surface area contributed by atoms with E-state index >= 15 is 4.39 Å². The van der Waals surface area contributed by atoms with E-state index < -0.39 is 82.0 Å². The first-order valence-electron chi connectivity index (χ1n) is 13.4. The van der Waals surface area contributed by atoms with Crippen LogP contribution >= 0.6 is 14.5 Å². The van der Waals surface area contributed by atoms with Crippen LogP contribution in [0.5, 0.6) is 0 Å². The Morgan fingerprint density at radius 3 is 2.59 bits per heavy atom. The number of phosphoric ester groups is 1. The first-order valence-corrected chi connectivity index (χ1v) is 17.5. The van der Waals surface area contributed by atoms with E-state index in [0.29, 0.717) is 0 Å². The second-order valence-corrected chi connectivity index (χ2v) is 15.0. The fourth-order valence-corrected chi connectivity index (χ4v) is 8.37. The van der Waals surface area contributed by atoms with Gasteiger partial charge in [-0.25, -0.2) is 28.9 Å². The van der Waals surface area contributed by atoms with Crippen molar-refractivity contribution >= 4 is 60.4 Å². The summed E-state index contributed by atoms with van der Waals surface area (Å²) in [6, 6.07) is 0. The van der Waals surface area contributed by atoms with Crippen LogP contribution in [0.25, 0.3) is 22.3 Å². The fraction of sp³-hybridized carbons (Fsp3) is 0.524. The van der Waals surface area contributed by atoms with Crippen LogP contribution in [0.1, 0.15) is 12.5 Å². The summed E-state index contributed by atoms with van der Waals surface area (Å²) in [5.74, 6) is -0.154. The number of hydrogen-bond acceptors (Lipinski definition) is 17. The molecule has 0 spiro atoms. The molecular formula is C21H23FN10O11P2S. The molecule has 46 heavy (non-hydrogen) atoms. The van der Waals surface area contributed by atoms with Crippen LogP contribution in [0.3, 0.4) is 0 Å². The van der Waals surface area contributed by atoms with Crippen molar-refractivity contribution in [2.45, 2.75) is 48.6 Å². The van der Waals surface area contributed by atoms with Crippen molar-refractivity contribution < 1.29 is 51.0 Å². The summed E-state index contributed by atoms with van der Waals surface area (Å²) in [5, 5.41) is 0. The average molecular weight is 704 g/mol. The topological polar surface area (TPSA) is 281 Å².